The number of aliphatic carboxylic acids is 1. The average Bonchev–Trinajstić information content (AvgIpc) is 2.52. The molecule has 5 N–H and O–H groups in total. The van der Waals surface area contributed by atoms with Gasteiger partial charge in [-0.25, -0.2) is 0 Å². The highest BCUT2D eigenvalue weighted by Crippen LogP contribution is 1.98. The maximum absolute atomic E-state index is 10.4. The van der Waals surface area contributed by atoms with Crippen LogP contribution in [0.1, 0.15) is 39.5 Å². The topological polar surface area (TPSA) is 110 Å². The summed E-state index contributed by atoms with van der Waals surface area (Å²) in [5, 5.41) is 23.3. The molecule has 8 nitrogen and oxygen atoms in total. The van der Waals surface area contributed by atoms with Gasteiger partial charge in [0.15, 0.2) is 10.2 Å². The van der Waals surface area contributed by atoms with Crippen LogP contribution in [0.5, 0.6) is 0 Å². The zero-order valence-electron chi connectivity index (χ0n) is 13.6. The Balaban J connectivity index is 3.97. The second-order valence-corrected chi connectivity index (χ2v) is 5.47. The first-order valence-corrected chi connectivity index (χ1v) is 8.00. The lowest BCUT2D eigenvalue weighted by Crippen LogP contribution is -2.34. The standard InChI is InChI=1S/C13H24N6O2S2/c1-9(16-18-12(22)14-3)10(2)17-19-13(23)15-8-6-4-5-7-11(20)21/h4-8H2,1-3H3,(H,20,21)(H2,14,18,22)(H2,15,19,23)/b16-9+,17-10+. The van der Waals surface area contributed by atoms with Crippen molar-refractivity contribution in [2.24, 2.45) is 10.2 Å². The molecule has 0 atom stereocenters. The van der Waals surface area contributed by atoms with E-state index in [2.05, 4.69) is 31.7 Å². The lowest BCUT2D eigenvalue weighted by atomic mass is 10.2. The highest BCUT2D eigenvalue weighted by molar-refractivity contribution is 7.80. The maximum Gasteiger partial charge on any atom is 0.303 e. The molecule has 0 saturated heterocycles. The number of carbonyl (C=O) groups is 1. The number of hydrogen-bond donors (Lipinski definition) is 5. The summed E-state index contributed by atoms with van der Waals surface area (Å²) in [6.45, 7) is 4.26. The molecule has 0 aromatic rings. The van der Waals surface area contributed by atoms with Crippen molar-refractivity contribution < 1.29 is 9.90 Å². The first-order valence-electron chi connectivity index (χ1n) is 7.19. The van der Waals surface area contributed by atoms with Crippen molar-refractivity contribution in [2.45, 2.75) is 39.5 Å². The van der Waals surface area contributed by atoms with E-state index in [0.29, 0.717) is 34.6 Å². The number of thiocarbonyl (C=S) groups is 2. The van der Waals surface area contributed by atoms with E-state index in [-0.39, 0.29) is 6.42 Å². The summed E-state index contributed by atoms with van der Waals surface area (Å²) >= 11 is 10.0. The summed E-state index contributed by atoms with van der Waals surface area (Å²) in [5.74, 6) is -0.762. The SMILES string of the molecule is CNC(=S)N/N=C(C)/C(C)=N/NC(=S)NCCCCCC(=O)O. The van der Waals surface area contributed by atoms with Crippen molar-refractivity contribution in [3.8, 4) is 0 Å². The van der Waals surface area contributed by atoms with Crippen molar-refractivity contribution in [3.05, 3.63) is 0 Å². The third-order valence-electron chi connectivity index (χ3n) is 2.75. The van der Waals surface area contributed by atoms with E-state index in [1.165, 1.54) is 0 Å². The smallest absolute Gasteiger partial charge is 0.303 e. The molecule has 0 aliphatic carbocycles. The van der Waals surface area contributed by atoms with Crippen LogP contribution in [-0.2, 0) is 4.79 Å². The minimum absolute atomic E-state index is 0.204. The van der Waals surface area contributed by atoms with E-state index in [9.17, 15) is 4.79 Å². The predicted molar refractivity (Wildman–Crippen MR) is 101 cm³/mol. The molecule has 0 spiro atoms. The highest BCUT2D eigenvalue weighted by Gasteiger charge is 2.00. The Kier molecular flexibility index (Phi) is 11.7. The van der Waals surface area contributed by atoms with Crippen LogP contribution in [0, 0.1) is 0 Å². The van der Waals surface area contributed by atoms with Crippen LogP contribution in [0.4, 0.5) is 0 Å². The highest BCUT2D eigenvalue weighted by atomic mass is 32.1. The molecule has 0 unspecified atom stereocenters. The lowest BCUT2D eigenvalue weighted by molar-refractivity contribution is -0.137. The third-order valence-corrected chi connectivity index (χ3v) is 3.28. The van der Waals surface area contributed by atoms with Gasteiger partial charge in [-0.2, -0.15) is 10.2 Å². The molecule has 0 aromatic carbocycles. The normalized spacial score (nSPS) is 11.6. The Morgan fingerprint density at radius 2 is 1.57 bits per heavy atom. The minimum Gasteiger partial charge on any atom is -0.481 e. The molecule has 0 fully saturated rings. The van der Waals surface area contributed by atoms with Gasteiger partial charge in [0.05, 0.1) is 11.4 Å². The van der Waals surface area contributed by atoms with Crippen LogP contribution in [-0.4, -0.2) is 46.3 Å². The lowest BCUT2D eigenvalue weighted by Gasteiger charge is -2.08. The van der Waals surface area contributed by atoms with Crippen LogP contribution in [0.3, 0.4) is 0 Å². The van der Waals surface area contributed by atoms with Gasteiger partial charge in [-0.15, -0.1) is 0 Å². The van der Waals surface area contributed by atoms with Gasteiger partial charge >= 0.3 is 5.97 Å². The number of hydrogen-bond acceptors (Lipinski definition) is 5. The summed E-state index contributed by atoms with van der Waals surface area (Å²) in [4.78, 5) is 10.4. The minimum atomic E-state index is -0.762. The molecule has 23 heavy (non-hydrogen) atoms. The Hall–Kier alpha value is -1.81. The van der Waals surface area contributed by atoms with Gasteiger partial charge in [0, 0.05) is 20.0 Å². The zero-order chi connectivity index (χ0) is 17.7. The predicted octanol–water partition coefficient (Wildman–Crippen LogP) is 0.941. The number of rotatable bonds is 9. The average molecular weight is 361 g/mol. The number of hydrazone groups is 2. The number of carboxylic acid groups (broad SMARTS) is 1. The van der Waals surface area contributed by atoms with Crippen molar-refractivity contribution in [1.29, 1.82) is 0 Å². The van der Waals surface area contributed by atoms with E-state index in [4.69, 9.17) is 29.5 Å². The molecule has 0 aromatic heterocycles. The van der Waals surface area contributed by atoms with Crippen LogP contribution in [0.15, 0.2) is 10.2 Å². The summed E-state index contributed by atoms with van der Waals surface area (Å²) in [6.07, 6.45) is 2.57. The fourth-order valence-electron chi connectivity index (χ4n) is 1.31. The summed E-state index contributed by atoms with van der Waals surface area (Å²) in [5.41, 5.74) is 6.74. The van der Waals surface area contributed by atoms with Gasteiger partial charge < -0.3 is 15.7 Å². The molecule has 0 aliphatic rings. The van der Waals surface area contributed by atoms with Gasteiger partial charge in [-0.05, 0) is 51.1 Å². The summed E-state index contributed by atoms with van der Waals surface area (Å²) in [7, 11) is 1.70. The molecule has 0 amide bonds. The fourth-order valence-corrected chi connectivity index (χ4v) is 1.50. The van der Waals surface area contributed by atoms with E-state index >= 15 is 0 Å². The number of carboxylic acids is 1. The molecule has 0 saturated carbocycles. The quantitative estimate of drug-likeness (QED) is 0.179. The zero-order valence-corrected chi connectivity index (χ0v) is 15.2. The molecular weight excluding hydrogens is 336 g/mol. The maximum atomic E-state index is 10.4. The van der Waals surface area contributed by atoms with Crippen LogP contribution < -0.4 is 21.5 Å². The third kappa shape index (κ3) is 12.4. The molecule has 10 heteroatoms. The van der Waals surface area contributed by atoms with Gasteiger partial charge in [0.2, 0.25) is 0 Å². The van der Waals surface area contributed by atoms with E-state index < -0.39 is 5.97 Å². The van der Waals surface area contributed by atoms with E-state index in [0.717, 1.165) is 12.8 Å². The fraction of sp³-hybridized carbons (Fsp3) is 0.615. The Morgan fingerprint density at radius 3 is 2.09 bits per heavy atom. The Morgan fingerprint density at radius 1 is 1.00 bits per heavy atom. The second-order valence-electron chi connectivity index (χ2n) is 4.66. The van der Waals surface area contributed by atoms with Crippen LogP contribution >= 0.6 is 24.4 Å². The van der Waals surface area contributed by atoms with Gasteiger partial charge in [0.25, 0.3) is 0 Å². The number of unbranched alkanes of at least 4 members (excludes halogenated alkanes) is 2. The molecule has 130 valence electrons. The molecule has 0 rings (SSSR count). The van der Waals surface area contributed by atoms with Crippen molar-refractivity contribution >= 4 is 52.1 Å². The summed E-state index contributed by atoms with van der Waals surface area (Å²) in [6, 6.07) is 0. The van der Waals surface area contributed by atoms with Crippen molar-refractivity contribution in [1.82, 2.24) is 21.5 Å². The first-order chi connectivity index (χ1) is 10.9. The van der Waals surface area contributed by atoms with E-state index in [1.54, 1.807) is 20.9 Å². The molecular formula is C13H24N6O2S2. The Labute approximate surface area is 147 Å². The first kappa shape index (κ1) is 21.2. The number of nitrogens with zero attached hydrogens (tertiary/aromatic N) is 2. The Bertz CT molecular complexity index is 479. The number of nitrogens with one attached hydrogen (secondary N) is 4. The second kappa shape index (κ2) is 12.7. The van der Waals surface area contributed by atoms with Gasteiger partial charge in [-0.3, -0.25) is 15.6 Å². The van der Waals surface area contributed by atoms with Gasteiger partial charge in [-0.1, -0.05) is 6.42 Å². The monoisotopic (exact) mass is 360 g/mol. The van der Waals surface area contributed by atoms with Crippen molar-refractivity contribution in [2.75, 3.05) is 13.6 Å². The summed E-state index contributed by atoms with van der Waals surface area (Å²) < 4.78 is 0. The van der Waals surface area contributed by atoms with Crippen LogP contribution in [0.2, 0.25) is 0 Å². The van der Waals surface area contributed by atoms with Crippen molar-refractivity contribution in [3.63, 3.8) is 0 Å². The molecule has 0 heterocycles. The molecule has 0 aliphatic heterocycles. The van der Waals surface area contributed by atoms with E-state index in [1.807, 2.05) is 0 Å². The van der Waals surface area contributed by atoms with Gasteiger partial charge in [0.1, 0.15) is 0 Å². The molecule has 0 radical (unpaired) electrons. The largest absolute Gasteiger partial charge is 0.481 e. The molecule has 0 bridgehead atoms. The van der Waals surface area contributed by atoms with Crippen LogP contribution in [0.25, 0.3) is 0 Å².